The van der Waals surface area contributed by atoms with Gasteiger partial charge in [-0.05, 0) is 25.1 Å². The molecule has 0 fully saturated rings. The van der Waals surface area contributed by atoms with Crippen LogP contribution in [-0.4, -0.2) is 9.97 Å². The summed E-state index contributed by atoms with van der Waals surface area (Å²) >= 11 is 1.71. The van der Waals surface area contributed by atoms with E-state index >= 15 is 0 Å². The summed E-state index contributed by atoms with van der Waals surface area (Å²) in [5.74, 6) is 0.903. The third-order valence-electron chi connectivity index (χ3n) is 2.71. The Morgan fingerprint density at radius 2 is 2.06 bits per heavy atom. The van der Waals surface area contributed by atoms with Gasteiger partial charge in [0, 0.05) is 16.5 Å². The Morgan fingerprint density at radius 3 is 2.89 bits per heavy atom. The summed E-state index contributed by atoms with van der Waals surface area (Å²) in [6, 6.07) is 12.2. The number of aromatic nitrogens is 2. The van der Waals surface area contributed by atoms with Crippen molar-refractivity contribution in [2.45, 2.75) is 13.5 Å². The van der Waals surface area contributed by atoms with Crippen molar-refractivity contribution in [1.29, 1.82) is 0 Å². The number of para-hydroxylation sites is 1. The minimum atomic E-state index is 0.775. The van der Waals surface area contributed by atoms with Crippen molar-refractivity contribution in [1.82, 2.24) is 9.97 Å². The standard InChI is InChI=1S/C14H13N3S/c1-10-15-8-12(18-10)9-16-14-7-6-11-4-2-3-5-13(11)17-14/h2-8H,9H2,1H3,(H,16,17). The number of hydrogen-bond acceptors (Lipinski definition) is 4. The van der Waals surface area contributed by atoms with Gasteiger partial charge in [0.15, 0.2) is 0 Å². The van der Waals surface area contributed by atoms with Crippen molar-refractivity contribution in [2.75, 3.05) is 5.32 Å². The molecule has 3 aromatic rings. The summed E-state index contributed by atoms with van der Waals surface area (Å²) in [6.07, 6.45) is 1.91. The van der Waals surface area contributed by atoms with Crippen molar-refractivity contribution in [3.05, 3.63) is 52.5 Å². The Labute approximate surface area is 110 Å². The molecule has 3 nitrogen and oxygen atoms in total. The smallest absolute Gasteiger partial charge is 0.126 e. The average molecular weight is 255 g/mol. The molecule has 0 amide bonds. The molecule has 0 radical (unpaired) electrons. The molecule has 3 rings (SSSR count). The number of thiazole rings is 1. The van der Waals surface area contributed by atoms with Gasteiger partial charge in [0.2, 0.25) is 0 Å². The Morgan fingerprint density at radius 1 is 1.17 bits per heavy atom. The summed E-state index contributed by atoms with van der Waals surface area (Å²) in [7, 11) is 0. The number of anilines is 1. The number of benzene rings is 1. The van der Waals surface area contributed by atoms with E-state index in [9.17, 15) is 0 Å². The van der Waals surface area contributed by atoms with E-state index in [1.54, 1.807) is 11.3 Å². The van der Waals surface area contributed by atoms with Gasteiger partial charge in [0.1, 0.15) is 5.82 Å². The molecule has 1 aromatic carbocycles. The summed E-state index contributed by atoms with van der Waals surface area (Å²) in [5, 5.41) is 5.58. The highest BCUT2D eigenvalue weighted by Crippen LogP contribution is 2.17. The highest BCUT2D eigenvalue weighted by Gasteiger charge is 2.00. The number of rotatable bonds is 3. The molecule has 0 aliphatic heterocycles. The van der Waals surface area contributed by atoms with Gasteiger partial charge < -0.3 is 5.32 Å². The van der Waals surface area contributed by atoms with E-state index in [0.29, 0.717) is 0 Å². The molecule has 4 heteroatoms. The highest BCUT2D eigenvalue weighted by molar-refractivity contribution is 7.11. The maximum atomic E-state index is 4.57. The van der Waals surface area contributed by atoms with Crippen LogP contribution < -0.4 is 5.32 Å². The van der Waals surface area contributed by atoms with Crippen molar-refractivity contribution in [2.24, 2.45) is 0 Å². The molecular weight excluding hydrogens is 242 g/mol. The fourth-order valence-electron chi connectivity index (χ4n) is 1.83. The minimum absolute atomic E-state index is 0.775. The predicted octanol–water partition coefficient (Wildman–Crippen LogP) is 3.61. The molecule has 0 unspecified atom stereocenters. The van der Waals surface area contributed by atoms with E-state index in [1.165, 1.54) is 4.88 Å². The van der Waals surface area contributed by atoms with Gasteiger partial charge >= 0.3 is 0 Å². The first-order valence-electron chi connectivity index (χ1n) is 5.82. The van der Waals surface area contributed by atoms with E-state index in [1.807, 2.05) is 37.4 Å². The molecule has 0 spiro atoms. The quantitative estimate of drug-likeness (QED) is 0.777. The van der Waals surface area contributed by atoms with Gasteiger partial charge in [0.05, 0.1) is 17.1 Å². The van der Waals surface area contributed by atoms with Crippen molar-refractivity contribution in [3.8, 4) is 0 Å². The van der Waals surface area contributed by atoms with Crippen LogP contribution in [0.5, 0.6) is 0 Å². The van der Waals surface area contributed by atoms with Crippen LogP contribution in [0.3, 0.4) is 0 Å². The molecule has 0 bridgehead atoms. The van der Waals surface area contributed by atoms with Crippen molar-refractivity contribution < 1.29 is 0 Å². The Bertz CT molecular complexity index is 675. The number of hydrogen-bond donors (Lipinski definition) is 1. The van der Waals surface area contributed by atoms with Gasteiger partial charge in [-0.15, -0.1) is 11.3 Å². The summed E-state index contributed by atoms with van der Waals surface area (Å²) in [4.78, 5) is 10.0. The van der Waals surface area contributed by atoms with Crippen LogP contribution in [0.2, 0.25) is 0 Å². The second kappa shape index (κ2) is 4.74. The second-order valence-electron chi connectivity index (χ2n) is 4.09. The molecule has 90 valence electrons. The van der Waals surface area contributed by atoms with E-state index in [2.05, 4.69) is 27.4 Å². The van der Waals surface area contributed by atoms with E-state index in [4.69, 9.17) is 0 Å². The molecule has 1 N–H and O–H groups in total. The SMILES string of the molecule is Cc1ncc(CNc2ccc3ccccc3n2)s1. The third kappa shape index (κ3) is 2.33. The van der Waals surface area contributed by atoms with Crippen LogP contribution in [0.4, 0.5) is 5.82 Å². The Balaban J connectivity index is 1.78. The largest absolute Gasteiger partial charge is 0.365 e. The summed E-state index contributed by atoms with van der Waals surface area (Å²) in [6.45, 7) is 2.79. The number of nitrogens with zero attached hydrogens (tertiary/aromatic N) is 2. The molecule has 2 aromatic heterocycles. The molecule has 0 aliphatic carbocycles. The van der Waals surface area contributed by atoms with Crippen LogP contribution in [-0.2, 0) is 6.54 Å². The van der Waals surface area contributed by atoms with E-state index < -0.39 is 0 Å². The molecule has 18 heavy (non-hydrogen) atoms. The number of fused-ring (bicyclic) bond motifs is 1. The average Bonchev–Trinajstić information content (AvgIpc) is 2.82. The first-order valence-corrected chi connectivity index (χ1v) is 6.64. The van der Waals surface area contributed by atoms with Crippen LogP contribution >= 0.6 is 11.3 Å². The maximum Gasteiger partial charge on any atom is 0.126 e. The van der Waals surface area contributed by atoms with E-state index in [0.717, 1.165) is 28.3 Å². The van der Waals surface area contributed by atoms with Gasteiger partial charge in [-0.2, -0.15) is 0 Å². The van der Waals surface area contributed by atoms with Gasteiger partial charge in [-0.3, -0.25) is 0 Å². The molecule has 0 atom stereocenters. The molecule has 2 heterocycles. The minimum Gasteiger partial charge on any atom is -0.365 e. The fraction of sp³-hybridized carbons (Fsp3) is 0.143. The van der Waals surface area contributed by atoms with Gasteiger partial charge in [-0.25, -0.2) is 9.97 Å². The molecule has 0 saturated heterocycles. The zero-order valence-electron chi connectivity index (χ0n) is 10.1. The normalized spacial score (nSPS) is 10.7. The predicted molar refractivity (Wildman–Crippen MR) is 75.9 cm³/mol. The van der Waals surface area contributed by atoms with Crippen LogP contribution in [0.15, 0.2) is 42.6 Å². The lowest BCUT2D eigenvalue weighted by Crippen LogP contribution is -1.99. The zero-order valence-corrected chi connectivity index (χ0v) is 10.9. The first kappa shape index (κ1) is 11.2. The molecule has 0 saturated carbocycles. The monoisotopic (exact) mass is 255 g/mol. The van der Waals surface area contributed by atoms with Crippen LogP contribution in [0.25, 0.3) is 10.9 Å². The lowest BCUT2D eigenvalue weighted by molar-refractivity contribution is 1.14. The Hall–Kier alpha value is -1.94. The number of pyridine rings is 1. The number of aryl methyl sites for hydroxylation is 1. The molecular formula is C14H13N3S. The van der Waals surface area contributed by atoms with Crippen LogP contribution in [0.1, 0.15) is 9.88 Å². The zero-order chi connectivity index (χ0) is 12.4. The molecule has 0 aliphatic rings. The Kier molecular flexibility index (Phi) is 2.94. The third-order valence-corrected chi connectivity index (χ3v) is 3.62. The van der Waals surface area contributed by atoms with Gasteiger partial charge in [-0.1, -0.05) is 18.2 Å². The fourth-order valence-corrected chi connectivity index (χ4v) is 2.56. The number of nitrogens with one attached hydrogen (secondary N) is 1. The summed E-state index contributed by atoms with van der Waals surface area (Å²) < 4.78 is 0. The first-order chi connectivity index (χ1) is 8.81. The van der Waals surface area contributed by atoms with E-state index in [-0.39, 0.29) is 0 Å². The van der Waals surface area contributed by atoms with Crippen molar-refractivity contribution >= 4 is 28.1 Å². The van der Waals surface area contributed by atoms with Crippen molar-refractivity contribution in [3.63, 3.8) is 0 Å². The maximum absolute atomic E-state index is 4.57. The van der Waals surface area contributed by atoms with Gasteiger partial charge in [0.25, 0.3) is 0 Å². The topological polar surface area (TPSA) is 37.8 Å². The van der Waals surface area contributed by atoms with Crippen LogP contribution in [0, 0.1) is 6.92 Å². The highest BCUT2D eigenvalue weighted by atomic mass is 32.1. The lowest BCUT2D eigenvalue weighted by Gasteiger charge is -2.04. The lowest BCUT2D eigenvalue weighted by atomic mass is 10.2. The second-order valence-corrected chi connectivity index (χ2v) is 5.41. The summed E-state index contributed by atoms with van der Waals surface area (Å²) in [5.41, 5.74) is 1.02.